The number of nitrogens with one attached hydrogen (secondary N) is 1. The lowest BCUT2D eigenvalue weighted by Crippen LogP contribution is -2.27. The standard InChI is InChI=1S/C11H10F2N2O5/c1-20-10(16)2-3-14-11(17)6-4-7(12)8(13)5-9(6)15(18)19/h4-5H,2-3H2,1H3,(H,14,17). The van der Waals surface area contributed by atoms with E-state index in [1.807, 2.05) is 0 Å². The number of halogens is 2. The molecular weight excluding hydrogens is 278 g/mol. The van der Waals surface area contributed by atoms with Gasteiger partial charge in [-0.05, 0) is 6.07 Å². The SMILES string of the molecule is COC(=O)CCNC(=O)c1cc(F)c(F)cc1[N+](=O)[O-]. The number of esters is 1. The lowest BCUT2D eigenvalue weighted by molar-refractivity contribution is -0.385. The summed E-state index contributed by atoms with van der Waals surface area (Å²) in [6.45, 7) is -0.151. The number of ether oxygens (including phenoxy) is 1. The van der Waals surface area contributed by atoms with Crippen LogP contribution in [0.1, 0.15) is 16.8 Å². The molecule has 0 atom stereocenters. The van der Waals surface area contributed by atoms with Gasteiger partial charge in [-0.1, -0.05) is 0 Å². The number of amides is 1. The number of carbonyl (C=O) groups is 2. The normalized spacial score (nSPS) is 9.95. The van der Waals surface area contributed by atoms with Crippen LogP contribution in [0.25, 0.3) is 0 Å². The monoisotopic (exact) mass is 288 g/mol. The van der Waals surface area contributed by atoms with Gasteiger partial charge in [0, 0.05) is 6.54 Å². The number of methoxy groups -OCH3 is 1. The zero-order valence-electron chi connectivity index (χ0n) is 10.3. The Bertz CT molecular complexity index is 562. The van der Waals surface area contributed by atoms with Crippen molar-refractivity contribution < 1.29 is 28.0 Å². The maximum atomic E-state index is 13.0. The van der Waals surface area contributed by atoms with Crippen LogP contribution in [0, 0.1) is 21.7 Å². The minimum Gasteiger partial charge on any atom is -0.469 e. The highest BCUT2D eigenvalue weighted by molar-refractivity contribution is 5.98. The number of nitro benzene ring substituents is 1. The van der Waals surface area contributed by atoms with Gasteiger partial charge >= 0.3 is 5.97 Å². The van der Waals surface area contributed by atoms with Crippen LogP contribution in [-0.4, -0.2) is 30.5 Å². The minimum absolute atomic E-state index is 0.151. The van der Waals surface area contributed by atoms with E-state index in [2.05, 4.69) is 10.1 Å². The quantitative estimate of drug-likeness (QED) is 0.498. The van der Waals surface area contributed by atoms with Crippen LogP contribution < -0.4 is 5.32 Å². The van der Waals surface area contributed by atoms with Crippen molar-refractivity contribution in [3.05, 3.63) is 39.4 Å². The van der Waals surface area contributed by atoms with Crippen LogP contribution in [0.4, 0.5) is 14.5 Å². The molecule has 1 N–H and O–H groups in total. The van der Waals surface area contributed by atoms with E-state index in [9.17, 15) is 28.5 Å². The Hall–Kier alpha value is -2.58. The summed E-state index contributed by atoms with van der Waals surface area (Å²) in [5, 5.41) is 12.9. The second-order valence-electron chi connectivity index (χ2n) is 3.62. The maximum Gasteiger partial charge on any atom is 0.307 e. The molecule has 0 aromatic heterocycles. The van der Waals surface area contributed by atoms with E-state index in [-0.39, 0.29) is 13.0 Å². The molecule has 0 heterocycles. The van der Waals surface area contributed by atoms with Crippen LogP contribution in [-0.2, 0) is 9.53 Å². The van der Waals surface area contributed by atoms with E-state index in [4.69, 9.17) is 0 Å². The highest BCUT2D eigenvalue weighted by Gasteiger charge is 2.23. The summed E-state index contributed by atoms with van der Waals surface area (Å²) < 4.78 is 30.3. The highest BCUT2D eigenvalue weighted by Crippen LogP contribution is 2.22. The van der Waals surface area contributed by atoms with Gasteiger partial charge in [-0.3, -0.25) is 19.7 Å². The molecule has 0 unspecified atom stereocenters. The molecule has 0 bridgehead atoms. The molecule has 20 heavy (non-hydrogen) atoms. The van der Waals surface area contributed by atoms with E-state index in [1.165, 1.54) is 0 Å². The van der Waals surface area contributed by atoms with Gasteiger partial charge in [0.2, 0.25) is 0 Å². The molecule has 1 rings (SSSR count). The van der Waals surface area contributed by atoms with Crippen LogP contribution in [0.2, 0.25) is 0 Å². The number of hydrogen-bond acceptors (Lipinski definition) is 5. The van der Waals surface area contributed by atoms with Crippen molar-refractivity contribution in [1.82, 2.24) is 5.32 Å². The van der Waals surface area contributed by atoms with E-state index in [1.54, 1.807) is 0 Å². The number of rotatable bonds is 5. The summed E-state index contributed by atoms with van der Waals surface area (Å²) >= 11 is 0. The molecule has 7 nitrogen and oxygen atoms in total. The molecule has 0 aliphatic carbocycles. The van der Waals surface area contributed by atoms with Gasteiger partial charge in [-0.15, -0.1) is 0 Å². The van der Waals surface area contributed by atoms with Crippen molar-refractivity contribution in [1.29, 1.82) is 0 Å². The van der Waals surface area contributed by atoms with E-state index in [0.29, 0.717) is 12.1 Å². The van der Waals surface area contributed by atoms with Gasteiger partial charge in [0.25, 0.3) is 11.6 Å². The Morgan fingerprint density at radius 1 is 1.35 bits per heavy atom. The fraction of sp³-hybridized carbons (Fsp3) is 0.273. The van der Waals surface area contributed by atoms with Crippen molar-refractivity contribution in [3.8, 4) is 0 Å². The summed E-state index contributed by atoms with van der Waals surface area (Å²) in [5.74, 6) is -4.39. The Morgan fingerprint density at radius 3 is 2.50 bits per heavy atom. The third kappa shape index (κ3) is 3.70. The van der Waals surface area contributed by atoms with E-state index >= 15 is 0 Å². The zero-order chi connectivity index (χ0) is 15.3. The molecule has 0 aliphatic rings. The summed E-state index contributed by atoms with van der Waals surface area (Å²) in [4.78, 5) is 32.1. The number of benzene rings is 1. The highest BCUT2D eigenvalue weighted by atomic mass is 19.2. The summed E-state index contributed by atoms with van der Waals surface area (Å²) in [5.41, 5.74) is -1.49. The molecule has 0 aliphatic heterocycles. The van der Waals surface area contributed by atoms with Crippen molar-refractivity contribution in [2.75, 3.05) is 13.7 Å². The molecular formula is C11H10F2N2O5. The molecule has 1 amide bonds. The molecule has 0 saturated carbocycles. The molecule has 9 heteroatoms. The first-order chi connectivity index (χ1) is 9.36. The van der Waals surface area contributed by atoms with Crippen LogP contribution in [0.3, 0.4) is 0 Å². The first kappa shape index (κ1) is 15.5. The first-order valence-corrected chi connectivity index (χ1v) is 5.35. The molecule has 1 aromatic carbocycles. The predicted molar refractivity (Wildman–Crippen MR) is 62.0 cm³/mol. The zero-order valence-corrected chi connectivity index (χ0v) is 10.3. The van der Waals surface area contributed by atoms with Gasteiger partial charge in [-0.2, -0.15) is 0 Å². The smallest absolute Gasteiger partial charge is 0.307 e. The maximum absolute atomic E-state index is 13.0. The minimum atomic E-state index is -1.43. The van der Waals surface area contributed by atoms with E-state index in [0.717, 1.165) is 7.11 Å². The molecule has 1 aromatic rings. The fourth-order valence-corrected chi connectivity index (χ4v) is 1.34. The Morgan fingerprint density at radius 2 is 1.95 bits per heavy atom. The van der Waals surface area contributed by atoms with Crippen molar-refractivity contribution in [2.45, 2.75) is 6.42 Å². The molecule has 0 fully saturated rings. The predicted octanol–water partition coefficient (Wildman–Crippen LogP) is 1.17. The van der Waals surface area contributed by atoms with Gasteiger partial charge in [-0.25, -0.2) is 8.78 Å². The molecule has 0 spiro atoms. The number of hydrogen-bond donors (Lipinski definition) is 1. The van der Waals surface area contributed by atoms with Crippen molar-refractivity contribution >= 4 is 17.6 Å². The average Bonchev–Trinajstić information content (AvgIpc) is 2.40. The van der Waals surface area contributed by atoms with E-state index < -0.39 is 39.7 Å². The lowest BCUT2D eigenvalue weighted by Gasteiger charge is -2.05. The molecule has 0 saturated heterocycles. The van der Waals surface area contributed by atoms with Gasteiger partial charge in [0.15, 0.2) is 11.6 Å². The Balaban J connectivity index is 2.89. The second-order valence-corrected chi connectivity index (χ2v) is 3.62. The first-order valence-electron chi connectivity index (χ1n) is 5.35. The van der Waals surface area contributed by atoms with Gasteiger partial charge < -0.3 is 10.1 Å². The van der Waals surface area contributed by atoms with Crippen LogP contribution in [0.5, 0.6) is 0 Å². The number of nitrogens with zero attached hydrogens (tertiary/aromatic N) is 1. The third-order valence-corrected chi connectivity index (χ3v) is 2.32. The fourth-order valence-electron chi connectivity index (χ4n) is 1.34. The van der Waals surface area contributed by atoms with Crippen molar-refractivity contribution in [3.63, 3.8) is 0 Å². The Labute approximate surface area is 111 Å². The van der Waals surface area contributed by atoms with Gasteiger partial charge in [0.05, 0.1) is 24.5 Å². The Kier molecular flexibility index (Phi) is 5.07. The van der Waals surface area contributed by atoms with Gasteiger partial charge in [0.1, 0.15) is 5.56 Å². The summed E-state index contributed by atoms with van der Waals surface area (Å²) in [6, 6.07) is 0.755. The third-order valence-electron chi connectivity index (χ3n) is 2.32. The van der Waals surface area contributed by atoms with Crippen LogP contribution in [0.15, 0.2) is 12.1 Å². The number of nitro groups is 1. The molecule has 108 valence electrons. The lowest BCUT2D eigenvalue weighted by atomic mass is 10.1. The summed E-state index contributed by atoms with van der Waals surface area (Å²) in [6.07, 6.45) is -0.153. The largest absolute Gasteiger partial charge is 0.469 e. The topological polar surface area (TPSA) is 98.5 Å². The number of carbonyl (C=O) groups excluding carboxylic acids is 2. The second kappa shape index (κ2) is 6.55. The van der Waals surface area contributed by atoms with Crippen molar-refractivity contribution in [2.24, 2.45) is 0 Å². The van der Waals surface area contributed by atoms with Crippen LogP contribution >= 0.6 is 0 Å². The summed E-state index contributed by atoms with van der Waals surface area (Å²) in [7, 11) is 1.16. The molecule has 0 radical (unpaired) electrons. The average molecular weight is 288 g/mol.